The summed E-state index contributed by atoms with van der Waals surface area (Å²) in [5.74, 6) is 0.872. The molecule has 0 unspecified atom stereocenters. The summed E-state index contributed by atoms with van der Waals surface area (Å²) in [6, 6.07) is 15.5. The lowest BCUT2D eigenvalue weighted by atomic mass is 9.94. The van der Waals surface area contributed by atoms with Gasteiger partial charge in [0.15, 0.2) is 11.5 Å². The standard InChI is InChI=1S/C30H27ClN6O2/c1-17-28(18(2)39-36-17)21-7-10-24-22(14-21)15-25(32-16-19-5-4-6-23(31)13-19)29(33-24)30(38)34-27-12-9-20-8-11-26(20)37(3)35-27/h4-7,9-10,12-15,32H,8,11,16H2,1-3H3,(H,34,35,38). The third-order valence-corrected chi connectivity index (χ3v) is 7.29. The van der Waals surface area contributed by atoms with Crippen molar-refractivity contribution in [2.45, 2.75) is 33.2 Å². The molecule has 196 valence electrons. The first-order valence-electron chi connectivity index (χ1n) is 12.8. The number of aromatic nitrogens is 2. The van der Waals surface area contributed by atoms with Gasteiger partial charge in [-0.3, -0.25) is 9.80 Å². The van der Waals surface area contributed by atoms with Crippen LogP contribution in [0.3, 0.4) is 0 Å². The number of fused-ring (bicyclic) bond motifs is 1. The van der Waals surface area contributed by atoms with Crippen molar-refractivity contribution in [3.8, 4) is 11.1 Å². The quantitative estimate of drug-likeness (QED) is 0.307. The van der Waals surface area contributed by atoms with Crippen molar-refractivity contribution < 1.29 is 9.32 Å². The van der Waals surface area contributed by atoms with E-state index in [9.17, 15) is 4.79 Å². The van der Waals surface area contributed by atoms with E-state index in [4.69, 9.17) is 21.1 Å². The van der Waals surface area contributed by atoms with E-state index in [1.54, 1.807) is 0 Å². The highest BCUT2D eigenvalue weighted by Crippen LogP contribution is 2.33. The SMILES string of the molecule is Cc1noc(C)c1-c1ccc2nc(C(=O)NC3=NN(C)C4=C(C=C3)CC4)c(NCc3cccc(Cl)c3)cc2c1. The third-order valence-electron chi connectivity index (χ3n) is 7.06. The molecule has 2 aromatic heterocycles. The van der Waals surface area contributed by atoms with Crippen molar-refractivity contribution in [3.63, 3.8) is 0 Å². The minimum Gasteiger partial charge on any atom is -0.379 e. The summed E-state index contributed by atoms with van der Waals surface area (Å²) in [4.78, 5) is 18.4. The lowest BCUT2D eigenvalue weighted by Crippen LogP contribution is -2.32. The maximum atomic E-state index is 13.6. The van der Waals surface area contributed by atoms with Crippen LogP contribution in [0.15, 0.2) is 81.6 Å². The fraction of sp³-hybridized carbons (Fsp3) is 0.200. The van der Waals surface area contributed by atoms with Crippen LogP contribution in [-0.4, -0.2) is 33.9 Å². The molecule has 0 radical (unpaired) electrons. The number of hydrogen-bond acceptors (Lipinski definition) is 7. The molecule has 8 nitrogen and oxygen atoms in total. The van der Waals surface area contributed by atoms with Crippen LogP contribution in [0.25, 0.3) is 22.0 Å². The van der Waals surface area contributed by atoms with Crippen molar-refractivity contribution in [3.05, 3.63) is 99.7 Å². The second-order valence-corrected chi connectivity index (χ2v) is 10.2. The van der Waals surface area contributed by atoms with Gasteiger partial charge in [0, 0.05) is 35.3 Å². The number of benzene rings is 2. The monoisotopic (exact) mass is 538 g/mol. The average Bonchev–Trinajstić information content (AvgIpc) is 3.18. The Morgan fingerprint density at radius 3 is 2.72 bits per heavy atom. The Bertz CT molecular complexity index is 1700. The van der Waals surface area contributed by atoms with E-state index < -0.39 is 0 Å². The summed E-state index contributed by atoms with van der Waals surface area (Å²) < 4.78 is 5.37. The molecule has 3 heterocycles. The van der Waals surface area contributed by atoms with Crippen LogP contribution in [-0.2, 0) is 6.54 Å². The van der Waals surface area contributed by atoms with Crippen molar-refractivity contribution in [1.29, 1.82) is 0 Å². The van der Waals surface area contributed by atoms with E-state index >= 15 is 0 Å². The number of nitrogens with one attached hydrogen (secondary N) is 2. The molecule has 6 rings (SSSR count). The van der Waals surface area contributed by atoms with Crippen molar-refractivity contribution >= 4 is 39.9 Å². The van der Waals surface area contributed by atoms with Crippen molar-refractivity contribution in [1.82, 2.24) is 20.5 Å². The number of carbonyl (C=O) groups is 1. The summed E-state index contributed by atoms with van der Waals surface area (Å²) in [5, 5.41) is 18.4. The van der Waals surface area contributed by atoms with Crippen LogP contribution >= 0.6 is 11.6 Å². The van der Waals surface area contributed by atoms with E-state index in [0.29, 0.717) is 28.6 Å². The van der Waals surface area contributed by atoms with Crippen molar-refractivity contribution in [2.75, 3.05) is 12.4 Å². The van der Waals surface area contributed by atoms with Crippen LogP contribution in [0.1, 0.15) is 40.3 Å². The number of allylic oxidation sites excluding steroid dienone is 3. The Balaban J connectivity index is 1.36. The number of hydrogen-bond donors (Lipinski definition) is 2. The highest BCUT2D eigenvalue weighted by Gasteiger charge is 2.23. The maximum absolute atomic E-state index is 13.6. The van der Waals surface area contributed by atoms with Crippen LogP contribution in [0.2, 0.25) is 5.02 Å². The highest BCUT2D eigenvalue weighted by molar-refractivity contribution is 6.30. The number of amidine groups is 1. The summed E-state index contributed by atoms with van der Waals surface area (Å²) in [7, 11) is 1.90. The van der Waals surface area contributed by atoms with Gasteiger partial charge in [0.05, 0.1) is 16.9 Å². The second-order valence-electron chi connectivity index (χ2n) is 9.74. The smallest absolute Gasteiger partial charge is 0.277 e. The van der Waals surface area contributed by atoms with Crippen LogP contribution < -0.4 is 10.6 Å². The van der Waals surface area contributed by atoms with Gasteiger partial charge >= 0.3 is 0 Å². The molecule has 1 aliphatic heterocycles. The normalized spacial score (nSPS) is 14.6. The molecule has 2 N–H and O–H groups in total. The van der Waals surface area contributed by atoms with Gasteiger partial charge in [0.25, 0.3) is 5.91 Å². The van der Waals surface area contributed by atoms with Gasteiger partial charge in [-0.1, -0.05) is 41.0 Å². The number of anilines is 1. The molecule has 0 spiro atoms. The molecular formula is C30H27ClN6O2. The van der Waals surface area contributed by atoms with E-state index in [1.165, 1.54) is 11.3 Å². The van der Waals surface area contributed by atoms with Gasteiger partial charge in [-0.05, 0) is 79.8 Å². The molecular weight excluding hydrogens is 512 g/mol. The van der Waals surface area contributed by atoms with Crippen LogP contribution in [0.4, 0.5) is 5.69 Å². The van der Waals surface area contributed by atoms with E-state index in [-0.39, 0.29) is 11.6 Å². The number of halogens is 1. The predicted octanol–water partition coefficient (Wildman–Crippen LogP) is 6.36. The molecule has 1 aliphatic carbocycles. The molecule has 0 saturated carbocycles. The number of aryl methyl sites for hydroxylation is 2. The average molecular weight is 539 g/mol. The topological polar surface area (TPSA) is 95.6 Å². The molecule has 0 atom stereocenters. The molecule has 2 aliphatic rings. The maximum Gasteiger partial charge on any atom is 0.277 e. The molecule has 0 saturated heterocycles. The van der Waals surface area contributed by atoms with Gasteiger partial charge in [0.2, 0.25) is 0 Å². The van der Waals surface area contributed by atoms with E-state index in [2.05, 4.69) is 20.9 Å². The molecule has 0 fully saturated rings. The zero-order chi connectivity index (χ0) is 27.1. The molecule has 2 aromatic carbocycles. The molecule has 9 heteroatoms. The summed E-state index contributed by atoms with van der Waals surface area (Å²) >= 11 is 6.19. The number of carbonyl (C=O) groups excluding carboxylic acids is 1. The molecule has 4 aromatic rings. The third kappa shape index (κ3) is 4.91. The van der Waals surface area contributed by atoms with Crippen LogP contribution in [0, 0.1) is 13.8 Å². The Morgan fingerprint density at radius 2 is 1.97 bits per heavy atom. The lowest BCUT2D eigenvalue weighted by molar-refractivity contribution is 0.0973. The minimum absolute atomic E-state index is 0.279. The largest absolute Gasteiger partial charge is 0.379 e. The summed E-state index contributed by atoms with van der Waals surface area (Å²) in [6.07, 6.45) is 5.86. The minimum atomic E-state index is -0.346. The highest BCUT2D eigenvalue weighted by atomic mass is 35.5. The Labute approximate surface area is 231 Å². The first-order chi connectivity index (χ1) is 18.9. The zero-order valence-corrected chi connectivity index (χ0v) is 22.6. The molecule has 1 amide bonds. The lowest BCUT2D eigenvalue weighted by Gasteiger charge is -2.26. The Hall–Kier alpha value is -4.43. The van der Waals surface area contributed by atoms with E-state index in [0.717, 1.165) is 46.4 Å². The van der Waals surface area contributed by atoms with Gasteiger partial charge in [-0.15, -0.1) is 0 Å². The van der Waals surface area contributed by atoms with Gasteiger partial charge in [0.1, 0.15) is 5.76 Å². The fourth-order valence-corrected chi connectivity index (χ4v) is 5.20. The number of pyridine rings is 1. The number of hydrazone groups is 1. The summed E-state index contributed by atoms with van der Waals surface area (Å²) in [5.41, 5.74) is 7.74. The first kappa shape index (κ1) is 24.9. The number of amides is 1. The first-order valence-corrected chi connectivity index (χ1v) is 13.1. The van der Waals surface area contributed by atoms with Gasteiger partial charge < -0.3 is 15.2 Å². The summed E-state index contributed by atoms with van der Waals surface area (Å²) in [6.45, 7) is 4.29. The van der Waals surface area contributed by atoms with Gasteiger partial charge in [-0.25, -0.2) is 4.98 Å². The number of rotatable bonds is 5. The van der Waals surface area contributed by atoms with Gasteiger partial charge in [-0.2, -0.15) is 5.10 Å². The molecule has 0 bridgehead atoms. The van der Waals surface area contributed by atoms with E-state index in [1.807, 2.05) is 86.6 Å². The Morgan fingerprint density at radius 1 is 1.10 bits per heavy atom. The predicted molar refractivity (Wildman–Crippen MR) is 154 cm³/mol. The Kier molecular flexibility index (Phi) is 6.40. The van der Waals surface area contributed by atoms with Crippen molar-refractivity contribution in [2.24, 2.45) is 5.10 Å². The zero-order valence-electron chi connectivity index (χ0n) is 21.9. The second kappa shape index (κ2) is 10.0. The number of nitrogens with zero attached hydrogens (tertiary/aromatic N) is 4. The van der Waals surface area contributed by atoms with Crippen LogP contribution in [0.5, 0.6) is 0 Å². The molecule has 39 heavy (non-hydrogen) atoms. The fourth-order valence-electron chi connectivity index (χ4n) is 4.99.